The molecule has 4 heterocycles. The minimum absolute atomic E-state index is 0.0108. The van der Waals surface area contributed by atoms with Crippen LogP contribution in [0.15, 0.2) is 23.0 Å². The molecule has 2 aromatic heterocycles. The number of anilines is 1. The number of aromatic nitrogens is 4. The first-order chi connectivity index (χ1) is 11.4. The molecule has 2 aliphatic heterocycles. The van der Waals surface area contributed by atoms with E-state index in [2.05, 4.69) is 29.9 Å². The summed E-state index contributed by atoms with van der Waals surface area (Å²) in [6.45, 7) is 5.16. The van der Waals surface area contributed by atoms with Crippen LogP contribution < -0.4 is 4.90 Å². The Morgan fingerprint density at radius 3 is 2.70 bits per heavy atom. The summed E-state index contributed by atoms with van der Waals surface area (Å²) in [6, 6.07) is 1.83. The highest BCUT2D eigenvalue weighted by atomic mass is 16.5. The van der Waals surface area contributed by atoms with Gasteiger partial charge in [0.25, 0.3) is 5.89 Å². The van der Waals surface area contributed by atoms with E-state index in [4.69, 9.17) is 9.26 Å². The average molecular weight is 316 g/mol. The number of hydrogen-bond acceptors (Lipinski definition) is 8. The molecule has 0 bridgehead atoms. The second kappa shape index (κ2) is 6.59. The van der Waals surface area contributed by atoms with Crippen LogP contribution in [0.25, 0.3) is 0 Å². The van der Waals surface area contributed by atoms with Crippen molar-refractivity contribution in [2.45, 2.75) is 25.5 Å². The van der Waals surface area contributed by atoms with Crippen LogP contribution >= 0.6 is 0 Å². The van der Waals surface area contributed by atoms with E-state index in [0.717, 1.165) is 57.4 Å². The fourth-order valence-electron chi connectivity index (χ4n) is 3.00. The fraction of sp³-hybridized carbons (Fsp3) is 0.600. The van der Waals surface area contributed by atoms with Crippen molar-refractivity contribution < 1.29 is 9.26 Å². The molecule has 0 spiro atoms. The fourth-order valence-corrected chi connectivity index (χ4v) is 3.00. The van der Waals surface area contributed by atoms with Crippen molar-refractivity contribution in [3.63, 3.8) is 0 Å². The van der Waals surface area contributed by atoms with E-state index in [0.29, 0.717) is 12.4 Å². The Morgan fingerprint density at radius 1 is 1.13 bits per heavy atom. The van der Waals surface area contributed by atoms with Gasteiger partial charge in [-0.1, -0.05) is 5.16 Å². The molecule has 4 rings (SSSR count). The van der Waals surface area contributed by atoms with Crippen molar-refractivity contribution in [1.29, 1.82) is 0 Å². The summed E-state index contributed by atoms with van der Waals surface area (Å²) < 4.78 is 10.9. The molecule has 0 saturated carbocycles. The van der Waals surface area contributed by atoms with Gasteiger partial charge in [-0.15, -0.1) is 0 Å². The van der Waals surface area contributed by atoms with Crippen LogP contribution in [-0.2, 0) is 11.3 Å². The first kappa shape index (κ1) is 14.5. The van der Waals surface area contributed by atoms with Crippen LogP contribution in [0.3, 0.4) is 0 Å². The predicted molar refractivity (Wildman–Crippen MR) is 81.7 cm³/mol. The van der Waals surface area contributed by atoms with Gasteiger partial charge in [0.05, 0.1) is 6.54 Å². The summed E-state index contributed by atoms with van der Waals surface area (Å²) in [5.41, 5.74) is 0. The van der Waals surface area contributed by atoms with Gasteiger partial charge in [0, 0.05) is 45.2 Å². The molecule has 2 saturated heterocycles. The zero-order chi connectivity index (χ0) is 15.5. The lowest BCUT2D eigenvalue weighted by Gasteiger charge is -2.33. The molecule has 1 atom stereocenters. The Bertz CT molecular complexity index is 620. The molecule has 0 unspecified atom stereocenters. The number of piperazine rings is 1. The maximum absolute atomic E-state index is 5.57. The molecule has 0 aromatic carbocycles. The lowest BCUT2D eigenvalue weighted by molar-refractivity contribution is 0.0835. The monoisotopic (exact) mass is 316 g/mol. The van der Waals surface area contributed by atoms with E-state index < -0.39 is 0 Å². The van der Waals surface area contributed by atoms with Crippen molar-refractivity contribution >= 4 is 5.95 Å². The highest BCUT2D eigenvalue weighted by molar-refractivity contribution is 5.29. The van der Waals surface area contributed by atoms with Gasteiger partial charge in [0.1, 0.15) is 6.10 Å². The summed E-state index contributed by atoms with van der Waals surface area (Å²) in [5.74, 6) is 2.15. The van der Waals surface area contributed by atoms with Gasteiger partial charge < -0.3 is 14.2 Å². The van der Waals surface area contributed by atoms with E-state index in [-0.39, 0.29) is 6.10 Å². The van der Waals surface area contributed by atoms with Gasteiger partial charge in [-0.2, -0.15) is 4.98 Å². The Hall–Kier alpha value is -2.06. The molecule has 0 aliphatic carbocycles. The maximum atomic E-state index is 5.57. The largest absolute Gasteiger partial charge is 0.368 e. The van der Waals surface area contributed by atoms with Crippen LogP contribution in [0.1, 0.15) is 30.7 Å². The topological polar surface area (TPSA) is 80.4 Å². The highest BCUT2D eigenvalue weighted by Crippen LogP contribution is 2.27. The number of ether oxygens (including phenoxy) is 1. The van der Waals surface area contributed by atoms with Gasteiger partial charge in [-0.05, 0) is 18.9 Å². The van der Waals surface area contributed by atoms with E-state index in [9.17, 15) is 0 Å². The normalized spacial score (nSPS) is 22.6. The zero-order valence-corrected chi connectivity index (χ0v) is 13.0. The molecule has 0 amide bonds. The molecule has 8 nitrogen and oxygen atoms in total. The first-order valence-electron chi connectivity index (χ1n) is 8.07. The molecule has 23 heavy (non-hydrogen) atoms. The summed E-state index contributed by atoms with van der Waals surface area (Å²) in [5, 5.41) is 4.09. The molecule has 0 radical (unpaired) electrons. The SMILES string of the molecule is c1cnc(N2CCN(Cc3noc([C@H]4CCCO4)n3)CC2)nc1. The summed E-state index contributed by atoms with van der Waals surface area (Å²) >= 11 is 0. The zero-order valence-electron chi connectivity index (χ0n) is 13.0. The van der Waals surface area contributed by atoms with Crippen LogP contribution in [0.2, 0.25) is 0 Å². The van der Waals surface area contributed by atoms with Crippen LogP contribution in [0.5, 0.6) is 0 Å². The minimum Gasteiger partial charge on any atom is -0.368 e. The molecular weight excluding hydrogens is 296 g/mol. The van der Waals surface area contributed by atoms with Crippen molar-refractivity contribution in [3.05, 3.63) is 30.2 Å². The van der Waals surface area contributed by atoms with Crippen molar-refractivity contribution in [2.24, 2.45) is 0 Å². The van der Waals surface area contributed by atoms with Crippen LogP contribution in [0, 0.1) is 0 Å². The molecule has 8 heteroatoms. The molecular formula is C15H20N6O2. The van der Waals surface area contributed by atoms with Crippen molar-refractivity contribution in [3.8, 4) is 0 Å². The summed E-state index contributed by atoms with van der Waals surface area (Å²) in [6.07, 6.45) is 5.58. The lowest BCUT2D eigenvalue weighted by Crippen LogP contribution is -2.46. The van der Waals surface area contributed by atoms with Crippen molar-refractivity contribution in [2.75, 3.05) is 37.7 Å². The maximum Gasteiger partial charge on any atom is 0.255 e. The first-order valence-corrected chi connectivity index (χ1v) is 8.07. The summed E-state index contributed by atoms with van der Waals surface area (Å²) in [7, 11) is 0. The van der Waals surface area contributed by atoms with E-state index in [1.54, 1.807) is 12.4 Å². The molecule has 2 fully saturated rings. The Kier molecular flexibility index (Phi) is 4.16. The predicted octanol–water partition coefficient (Wildman–Crippen LogP) is 1.03. The molecule has 2 aliphatic rings. The number of hydrogen-bond donors (Lipinski definition) is 0. The second-order valence-electron chi connectivity index (χ2n) is 5.86. The number of rotatable bonds is 4. The third kappa shape index (κ3) is 3.32. The van der Waals surface area contributed by atoms with Crippen LogP contribution in [-0.4, -0.2) is 57.8 Å². The van der Waals surface area contributed by atoms with E-state index >= 15 is 0 Å². The van der Waals surface area contributed by atoms with E-state index in [1.165, 1.54) is 0 Å². The lowest BCUT2D eigenvalue weighted by atomic mass is 10.2. The third-order valence-electron chi connectivity index (χ3n) is 4.26. The average Bonchev–Trinajstić information content (AvgIpc) is 3.28. The third-order valence-corrected chi connectivity index (χ3v) is 4.26. The Labute approximate surface area is 134 Å². The van der Waals surface area contributed by atoms with Gasteiger partial charge in [-0.3, -0.25) is 4.90 Å². The highest BCUT2D eigenvalue weighted by Gasteiger charge is 2.25. The molecule has 122 valence electrons. The quantitative estimate of drug-likeness (QED) is 0.827. The van der Waals surface area contributed by atoms with Gasteiger partial charge >= 0.3 is 0 Å². The summed E-state index contributed by atoms with van der Waals surface area (Å²) in [4.78, 5) is 17.6. The molecule has 0 N–H and O–H groups in total. The standard InChI is InChI=1S/C15H20N6O2/c1-3-12(22-10-1)14-18-13(19-23-14)11-20-6-8-21(9-7-20)15-16-4-2-5-17-15/h2,4-5,12H,1,3,6-11H2/t12-/m1/s1. The van der Waals surface area contributed by atoms with Crippen molar-refractivity contribution in [1.82, 2.24) is 25.0 Å². The molecule has 2 aromatic rings. The number of nitrogens with zero attached hydrogens (tertiary/aromatic N) is 6. The second-order valence-corrected chi connectivity index (χ2v) is 5.86. The smallest absolute Gasteiger partial charge is 0.255 e. The van der Waals surface area contributed by atoms with Gasteiger partial charge in [0.2, 0.25) is 5.95 Å². The minimum atomic E-state index is -0.0108. The Balaban J connectivity index is 1.31. The van der Waals surface area contributed by atoms with Crippen LogP contribution in [0.4, 0.5) is 5.95 Å². The van der Waals surface area contributed by atoms with E-state index in [1.807, 2.05) is 6.07 Å². The Morgan fingerprint density at radius 2 is 1.96 bits per heavy atom. The van der Waals surface area contributed by atoms with Gasteiger partial charge in [-0.25, -0.2) is 9.97 Å². The van der Waals surface area contributed by atoms with Gasteiger partial charge in [0.15, 0.2) is 5.82 Å².